The lowest BCUT2D eigenvalue weighted by Gasteiger charge is -2.13. The average molecular weight is 190 g/mol. The van der Waals surface area contributed by atoms with Crippen LogP contribution in [0.25, 0.3) is 0 Å². The third-order valence-electron chi connectivity index (χ3n) is 2.71. The summed E-state index contributed by atoms with van der Waals surface area (Å²) in [5.41, 5.74) is 2.94. The highest BCUT2D eigenvalue weighted by molar-refractivity contribution is 5.27. The van der Waals surface area contributed by atoms with Crippen LogP contribution in [0.1, 0.15) is 17.5 Å². The standard InChI is InChI=1S/C12H18N2/c1-2-5-12-10-14-8-3-7-13-9-6-11(12)4-1/h1-2,4-5,13-14H,3,6-10H2. The number of rotatable bonds is 0. The summed E-state index contributed by atoms with van der Waals surface area (Å²) in [6, 6.07) is 8.72. The Labute approximate surface area is 85.7 Å². The van der Waals surface area contributed by atoms with Crippen LogP contribution in [-0.4, -0.2) is 19.6 Å². The van der Waals surface area contributed by atoms with Gasteiger partial charge >= 0.3 is 0 Å². The fourth-order valence-corrected chi connectivity index (χ4v) is 1.88. The molecule has 0 fully saturated rings. The maximum atomic E-state index is 3.47. The largest absolute Gasteiger partial charge is 0.316 e. The molecular weight excluding hydrogens is 172 g/mol. The molecule has 0 amide bonds. The van der Waals surface area contributed by atoms with Crippen LogP contribution >= 0.6 is 0 Å². The first-order chi connectivity index (χ1) is 6.97. The predicted octanol–water partition coefficient (Wildman–Crippen LogP) is 1.31. The van der Waals surface area contributed by atoms with Crippen LogP contribution in [0.2, 0.25) is 0 Å². The lowest BCUT2D eigenvalue weighted by molar-refractivity contribution is 0.581. The highest BCUT2D eigenvalue weighted by atomic mass is 14.9. The van der Waals surface area contributed by atoms with Gasteiger partial charge in [0.25, 0.3) is 0 Å². The first-order valence-electron chi connectivity index (χ1n) is 5.45. The van der Waals surface area contributed by atoms with Crippen molar-refractivity contribution in [2.45, 2.75) is 19.4 Å². The fraction of sp³-hybridized carbons (Fsp3) is 0.500. The predicted molar refractivity (Wildman–Crippen MR) is 59.3 cm³/mol. The molecule has 1 aliphatic heterocycles. The minimum absolute atomic E-state index is 1.02. The molecular formula is C12H18N2. The number of hydrogen-bond acceptors (Lipinski definition) is 2. The molecule has 0 aromatic heterocycles. The van der Waals surface area contributed by atoms with Crippen LogP contribution in [0.3, 0.4) is 0 Å². The van der Waals surface area contributed by atoms with Crippen LogP contribution < -0.4 is 10.6 Å². The van der Waals surface area contributed by atoms with E-state index in [0.29, 0.717) is 0 Å². The van der Waals surface area contributed by atoms with Gasteiger partial charge in [-0.15, -0.1) is 0 Å². The Hall–Kier alpha value is -0.860. The molecule has 2 heteroatoms. The van der Waals surface area contributed by atoms with Gasteiger partial charge in [-0.2, -0.15) is 0 Å². The Kier molecular flexibility index (Phi) is 3.55. The molecule has 1 aromatic carbocycles. The smallest absolute Gasteiger partial charge is 0.0208 e. The Balaban J connectivity index is 2.10. The molecule has 14 heavy (non-hydrogen) atoms. The summed E-state index contributed by atoms with van der Waals surface area (Å²) in [5, 5.41) is 6.93. The van der Waals surface area contributed by atoms with Gasteiger partial charge in [0.2, 0.25) is 0 Å². The summed E-state index contributed by atoms with van der Waals surface area (Å²) in [5.74, 6) is 0. The Morgan fingerprint density at radius 3 is 2.57 bits per heavy atom. The van der Waals surface area contributed by atoms with Gasteiger partial charge in [0.05, 0.1) is 0 Å². The van der Waals surface area contributed by atoms with E-state index >= 15 is 0 Å². The summed E-state index contributed by atoms with van der Waals surface area (Å²) in [6.07, 6.45) is 2.38. The molecule has 2 rings (SSSR count). The van der Waals surface area contributed by atoms with E-state index in [0.717, 1.165) is 32.6 Å². The van der Waals surface area contributed by atoms with Crippen molar-refractivity contribution in [1.82, 2.24) is 10.6 Å². The number of fused-ring (bicyclic) bond motifs is 1. The number of hydrogen-bond donors (Lipinski definition) is 2. The molecule has 2 nitrogen and oxygen atoms in total. The normalized spacial score (nSPS) is 18.6. The van der Waals surface area contributed by atoms with Gasteiger partial charge in [0.15, 0.2) is 0 Å². The lowest BCUT2D eigenvalue weighted by atomic mass is 10.0. The average Bonchev–Trinajstić information content (AvgIpc) is 2.25. The van der Waals surface area contributed by atoms with Crippen LogP contribution in [0.4, 0.5) is 0 Å². The first-order valence-corrected chi connectivity index (χ1v) is 5.45. The van der Waals surface area contributed by atoms with Crippen molar-refractivity contribution in [3.8, 4) is 0 Å². The molecule has 76 valence electrons. The third kappa shape index (κ3) is 2.56. The molecule has 2 N–H and O–H groups in total. The molecule has 0 radical (unpaired) electrons. The molecule has 0 atom stereocenters. The van der Waals surface area contributed by atoms with Gasteiger partial charge in [0, 0.05) is 6.54 Å². The molecule has 0 saturated carbocycles. The van der Waals surface area contributed by atoms with Gasteiger partial charge in [-0.25, -0.2) is 0 Å². The molecule has 1 aromatic rings. The second-order valence-electron chi connectivity index (χ2n) is 3.80. The van der Waals surface area contributed by atoms with E-state index in [2.05, 4.69) is 34.9 Å². The van der Waals surface area contributed by atoms with E-state index in [1.165, 1.54) is 17.5 Å². The maximum Gasteiger partial charge on any atom is 0.0208 e. The molecule has 0 unspecified atom stereocenters. The lowest BCUT2D eigenvalue weighted by Crippen LogP contribution is -2.26. The second kappa shape index (κ2) is 5.13. The zero-order valence-electron chi connectivity index (χ0n) is 8.55. The van der Waals surface area contributed by atoms with Crippen LogP contribution in [0.5, 0.6) is 0 Å². The van der Waals surface area contributed by atoms with E-state index in [9.17, 15) is 0 Å². The molecule has 0 aliphatic carbocycles. The van der Waals surface area contributed by atoms with Crippen molar-refractivity contribution in [2.75, 3.05) is 19.6 Å². The van der Waals surface area contributed by atoms with Gasteiger partial charge in [-0.3, -0.25) is 0 Å². The summed E-state index contributed by atoms with van der Waals surface area (Å²) in [6.45, 7) is 4.38. The van der Waals surface area contributed by atoms with E-state index in [1.807, 2.05) is 0 Å². The van der Waals surface area contributed by atoms with Gasteiger partial charge in [0.1, 0.15) is 0 Å². The molecule has 1 aliphatic rings. The Morgan fingerprint density at radius 2 is 1.64 bits per heavy atom. The highest BCUT2D eigenvalue weighted by Gasteiger charge is 2.02. The summed E-state index contributed by atoms with van der Waals surface area (Å²) >= 11 is 0. The molecule has 0 bridgehead atoms. The van der Waals surface area contributed by atoms with Gasteiger partial charge in [-0.1, -0.05) is 24.3 Å². The topological polar surface area (TPSA) is 24.1 Å². The van der Waals surface area contributed by atoms with Crippen LogP contribution in [0.15, 0.2) is 24.3 Å². The molecule has 0 spiro atoms. The summed E-state index contributed by atoms with van der Waals surface area (Å²) < 4.78 is 0. The minimum Gasteiger partial charge on any atom is -0.316 e. The first kappa shape index (κ1) is 9.69. The minimum atomic E-state index is 1.02. The zero-order valence-corrected chi connectivity index (χ0v) is 8.55. The van der Waals surface area contributed by atoms with Crippen molar-refractivity contribution in [3.05, 3.63) is 35.4 Å². The maximum absolute atomic E-state index is 3.47. The van der Waals surface area contributed by atoms with Crippen LogP contribution in [0, 0.1) is 0 Å². The van der Waals surface area contributed by atoms with Crippen molar-refractivity contribution >= 4 is 0 Å². The van der Waals surface area contributed by atoms with Crippen molar-refractivity contribution in [3.63, 3.8) is 0 Å². The fourth-order valence-electron chi connectivity index (χ4n) is 1.88. The summed E-state index contributed by atoms with van der Waals surface area (Å²) in [7, 11) is 0. The zero-order chi connectivity index (χ0) is 9.64. The Morgan fingerprint density at radius 1 is 0.857 bits per heavy atom. The SMILES string of the molecule is c1ccc2c(c1)CCNCCCNC2. The van der Waals surface area contributed by atoms with E-state index in [1.54, 1.807) is 0 Å². The van der Waals surface area contributed by atoms with E-state index in [-0.39, 0.29) is 0 Å². The third-order valence-corrected chi connectivity index (χ3v) is 2.71. The summed E-state index contributed by atoms with van der Waals surface area (Å²) in [4.78, 5) is 0. The Bertz CT molecular complexity index is 254. The number of nitrogens with one attached hydrogen (secondary N) is 2. The quantitative estimate of drug-likeness (QED) is 0.644. The van der Waals surface area contributed by atoms with E-state index in [4.69, 9.17) is 0 Å². The molecule has 1 heterocycles. The second-order valence-corrected chi connectivity index (χ2v) is 3.80. The van der Waals surface area contributed by atoms with Gasteiger partial charge in [-0.05, 0) is 43.6 Å². The van der Waals surface area contributed by atoms with E-state index < -0.39 is 0 Å². The van der Waals surface area contributed by atoms with Crippen LogP contribution in [-0.2, 0) is 13.0 Å². The van der Waals surface area contributed by atoms with Crippen molar-refractivity contribution < 1.29 is 0 Å². The molecule has 0 saturated heterocycles. The van der Waals surface area contributed by atoms with Crippen molar-refractivity contribution in [2.24, 2.45) is 0 Å². The van der Waals surface area contributed by atoms with Crippen molar-refractivity contribution in [1.29, 1.82) is 0 Å². The monoisotopic (exact) mass is 190 g/mol. The highest BCUT2D eigenvalue weighted by Crippen LogP contribution is 2.09. The number of benzene rings is 1. The van der Waals surface area contributed by atoms with Gasteiger partial charge < -0.3 is 10.6 Å².